The number of alkyl halides is 2. The summed E-state index contributed by atoms with van der Waals surface area (Å²) in [6.45, 7) is 3.65. The molecule has 0 radical (unpaired) electrons. The zero-order chi connectivity index (χ0) is 21.3. The number of hydrogen-bond donors (Lipinski definition) is 1. The summed E-state index contributed by atoms with van der Waals surface area (Å²) < 4.78 is 40.7. The van der Waals surface area contributed by atoms with Gasteiger partial charge in [0.05, 0.1) is 29.0 Å². The minimum atomic E-state index is -2.86. The lowest BCUT2D eigenvalue weighted by Crippen LogP contribution is -2.24. The van der Waals surface area contributed by atoms with Gasteiger partial charge in [-0.1, -0.05) is 30.3 Å². The highest BCUT2D eigenvalue weighted by molar-refractivity contribution is 5.93. The van der Waals surface area contributed by atoms with Crippen molar-refractivity contribution >= 4 is 22.2 Å². The second kappa shape index (κ2) is 8.44. The Balaban J connectivity index is 1.68. The van der Waals surface area contributed by atoms with Gasteiger partial charge in [-0.15, -0.1) is 0 Å². The van der Waals surface area contributed by atoms with Gasteiger partial charge < -0.3 is 10.2 Å². The Morgan fingerprint density at radius 2 is 1.93 bits per heavy atom. The van der Waals surface area contributed by atoms with E-state index in [2.05, 4.69) is 39.6 Å². The van der Waals surface area contributed by atoms with Crippen molar-refractivity contribution in [1.82, 2.24) is 15.1 Å². The molecule has 0 amide bonds. The Morgan fingerprint density at radius 3 is 2.70 bits per heavy atom. The molecule has 1 atom stereocenters. The van der Waals surface area contributed by atoms with Crippen LogP contribution in [0.5, 0.6) is 0 Å². The van der Waals surface area contributed by atoms with Gasteiger partial charge in [-0.25, -0.2) is 13.2 Å². The van der Waals surface area contributed by atoms with Gasteiger partial charge in [0.1, 0.15) is 5.82 Å². The van der Waals surface area contributed by atoms with Crippen LogP contribution in [0.1, 0.15) is 42.5 Å². The molecule has 0 spiro atoms. The lowest BCUT2D eigenvalue weighted by Gasteiger charge is -2.23. The van der Waals surface area contributed by atoms with Gasteiger partial charge in [-0.05, 0) is 43.7 Å². The number of anilines is 1. The highest BCUT2D eigenvalue weighted by Gasteiger charge is 2.20. The van der Waals surface area contributed by atoms with Crippen LogP contribution in [0.2, 0.25) is 0 Å². The minimum absolute atomic E-state index is 0.186. The van der Waals surface area contributed by atoms with E-state index in [0.29, 0.717) is 11.2 Å². The lowest BCUT2D eigenvalue weighted by atomic mass is 9.99. The van der Waals surface area contributed by atoms with Crippen molar-refractivity contribution < 1.29 is 13.2 Å². The molecule has 4 nitrogen and oxygen atoms in total. The molecule has 2 aromatic carbocycles. The molecule has 2 heterocycles. The fourth-order valence-corrected chi connectivity index (χ4v) is 3.86. The van der Waals surface area contributed by atoms with Gasteiger partial charge in [-0.3, -0.25) is 0 Å². The molecule has 0 saturated heterocycles. The van der Waals surface area contributed by atoms with Crippen LogP contribution < -0.4 is 5.32 Å². The van der Waals surface area contributed by atoms with E-state index < -0.39 is 23.8 Å². The van der Waals surface area contributed by atoms with Crippen molar-refractivity contribution in [3.05, 3.63) is 71.2 Å². The molecule has 1 N–H and O–H groups in total. The molecule has 7 heteroatoms. The van der Waals surface area contributed by atoms with E-state index in [9.17, 15) is 13.2 Å². The number of fused-ring (bicyclic) bond motifs is 1. The predicted octanol–water partition coefficient (Wildman–Crippen LogP) is 5.60. The largest absolute Gasteiger partial charge is 0.377 e. The Hall–Kier alpha value is -2.93. The van der Waals surface area contributed by atoms with Crippen LogP contribution in [-0.4, -0.2) is 35.2 Å². The summed E-state index contributed by atoms with van der Waals surface area (Å²) in [6, 6.07) is 9.55. The van der Waals surface area contributed by atoms with Crippen molar-refractivity contribution in [3.63, 3.8) is 0 Å². The van der Waals surface area contributed by atoms with Gasteiger partial charge >= 0.3 is 0 Å². The molecule has 30 heavy (non-hydrogen) atoms. The molecular weight excluding hydrogens is 389 g/mol. The monoisotopic (exact) mass is 412 g/mol. The molecule has 0 bridgehead atoms. The first-order valence-electron chi connectivity index (χ1n) is 9.90. The third kappa shape index (κ3) is 4.03. The fourth-order valence-electron chi connectivity index (χ4n) is 3.86. The Morgan fingerprint density at radius 1 is 1.13 bits per heavy atom. The molecule has 0 fully saturated rings. The summed E-state index contributed by atoms with van der Waals surface area (Å²) in [6.07, 6.45) is 1.97. The van der Waals surface area contributed by atoms with Gasteiger partial charge in [0.25, 0.3) is 6.43 Å². The van der Waals surface area contributed by atoms with E-state index in [0.717, 1.165) is 36.5 Å². The van der Waals surface area contributed by atoms with Gasteiger partial charge in [0.2, 0.25) is 0 Å². The van der Waals surface area contributed by atoms with Crippen LogP contribution in [0.4, 0.5) is 18.9 Å². The number of rotatable bonds is 5. The second-order valence-electron chi connectivity index (χ2n) is 7.66. The quantitative estimate of drug-likeness (QED) is 0.592. The first-order valence-corrected chi connectivity index (χ1v) is 9.90. The molecule has 156 valence electrons. The van der Waals surface area contributed by atoms with Crippen molar-refractivity contribution in [2.24, 2.45) is 0 Å². The molecule has 0 saturated carbocycles. The van der Waals surface area contributed by atoms with E-state index in [1.54, 1.807) is 13.1 Å². The van der Waals surface area contributed by atoms with E-state index in [-0.39, 0.29) is 5.56 Å². The molecule has 0 aliphatic carbocycles. The average Bonchev–Trinajstić information content (AvgIpc) is 2.73. The zero-order valence-electron chi connectivity index (χ0n) is 16.9. The van der Waals surface area contributed by atoms with Crippen molar-refractivity contribution in [1.29, 1.82) is 0 Å². The first kappa shape index (κ1) is 20.3. The van der Waals surface area contributed by atoms with E-state index in [4.69, 9.17) is 0 Å². The topological polar surface area (TPSA) is 41.1 Å². The second-order valence-corrected chi connectivity index (χ2v) is 7.66. The average molecular weight is 412 g/mol. The maximum atomic E-state index is 14.6. The van der Waals surface area contributed by atoms with Gasteiger partial charge in [-0.2, -0.15) is 10.2 Å². The summed E-state index contributed by atoms with van der Waals surface area (Å²) in [4.78, 5) is 2.27. The van der Waals surface area contributed by atoms with Gasteiger partial charge in [0.15, 0.2) is 0 Å². The van der Waals surface area contributed by atoms with Crippen LogP contribution in [-0.2, 0) is 0 Å². The van der Waals surface area contributed by atoms with Crippen LogP contribution in [0.15, 0.2) is 48.7 Å². The normalized spacial score (nSPS) is 16.0. The number of likely N-dealkylation sites (N-methyl/N-ethyl adjacent to an activating group) is 1. The lowest BCUT2D eigenvalue weighted by molar-refractivity contribution is 0.146. The molecular formula is C23H23F3N4. The summed E-state index contributed by atoms with van der Waals surface area (Å²) in [5.74, 6) is -0.880. The summed E-state index contributed by atoms with van der Waals surface area (Å²) in [7, 11) is 2.09. The summed E-state index contributed by atoms with van der Waals surface area (Å²) >= 11 is 0. The summed E-state index contributed by atoms with van der Waals surface area (Å²) in [5, 5.41) is 12.3. The molecule has 1 aliphatic rings. The highest BCUT2D eigenvalue weighted by atomic mass is 19.3. The fraction of sp³-hybridized carbons (Fsp3) is 0.304. The molecule has 1 aliphatic heterocycles. The van der Waals surface area contributed by atoms with E-state index >= 15 is 0 Å². The standard InChI is InChI=1S/C23H23F3N4/c1-14(17-6-3-7-18(22(17)24)23(25)26)28-21-12-27-29-20-9-8-15(11-19(20)21)16-5-4-10-30(2)13-16/h3,5-9,11-12,14,23H,4,10,13H2,1-2H3,(H,28,29)/t14-/m1/s1. The number of nitrogens with one attached hydrogen (secondary N) is 1. The number of halogens is 3. The number of benzene rings is 2. The third-order valence-electron chi connectivity index (χ3n) is 5.48. The molecule has 0 unspecified atom stereocenters. The third-order valence-corrected chi connectivity index (χ3v) is 5.48. The number of aromatic nitrogens is 2. The maximum absolute atomic E-state index is 14.6. The molecule has 3 aromatic rings. The Bertz CT molecular complexity index is 1100. The smallest absolute Gasteiger partial charge is 0.266 e. The van der Waals surface area contributed by atoms with E-state index in [1.807, 2.05) is 12.1 Å². The van der Waals surface area contributed by atoms with Gasteiger partial charge in [0, 0.05) is 24.0 Å². The zero-order valence-corrected chi connectivity index (χ0v) is 16.9. The van der Waals surface area contributed by atoms with Crippen LogP contribution in [0, 0.1) is 5.82 Å². The predicted molar refractivity (Wildman–Crippen MR) is 113 cm³/mol. The Kier molecular flexibility index (Phi) is 5.72. The van der Waals surface area contributed by atoms with Crippen molar-refractivity contribution in [2.45, 2.75) is 25.8 Å². The first-order chi connectivity index (χ1) is 14.4. The SMILES string of the molecule is C[C@@H](Nc1cnnc2ccc(C3=CCCN(C)C3)cc12)c1cccc(C(F)F)c1F. The van der Waals surface area contributed by atoms with E-state index in [1.165, 1.54) is 17.7 Å². The van der Waals surface area contributed by atoms with Crippen LogP contribution in [0.25, 0.3) is 16.5 Å². The van der Waals surface area contributed by atoms with Crippen molar-refractivity contribution in [2.75, 3.05) is 25.5 Å². The van der Waals surface area contributed by atoms with Crippen molar-refractivity contribution in [3.8, 4) is 0 Å². The minimum Gasteiger partial charge on any atom is -0.377 e. The Labute approximate surface area is 173 Å². The molecule has 4 rings (SSSR count). The number of nitrogens with zero attached hydrogens (tertiary/aromatic N) is 3. The number of hydrogen-bond acceptors (Lipinski definition) is 4. The maximum Gasteiger partial charge on any atom is 0.266 e. The molecule has 1 aromatic heterocycles. The highest BCUT2D eigenvalue weighted by Crippen LogP contribution is 2.32. The van der Waals surface area contributed by atoms with Crippen LogP contribution in [0.3, 0.4) is 0 Å². The van der Waals surface area contributed by atoms with Crippen LogP contribution >= 0.6 is 0 Å². The summed E-state index contributed by atoms with van der Waals surface area (Å²) in [5.41, 5.74) is 3.34.